The summed E-state index contributed by atoms with van der Waals surface area (Å²) >= 11 is 7.06. The molecule has 1 atom stereocenters. The molecule has 0 radical (unpaired) electrons. The summed E-state index contributed by atoms with van der Waals surface area (Å²) in [6.45, 7) is 4.27. The van der Waals surface area contributed by atoms with Crippen LogP contribution in [0.15, 0.2) is 66.7 Å². The average molecular weight is 296 g/mol. The van der Waals surface area contributed by atoms with Crippen molar-refractivity contribution in [1.29, 1.82) is 0 Å². The number of hydrogen-bond acceptors (Lipinski definition) is 1. The predicted molar refractivity (Wildman–Crippen MR) is 89.7 cm³/mol. The zero-order valence-electron chi connectivity index (χ0n) is 12.3. The molecule has 2 heteroatoms. The van der Waals surface area contributed by atoms with Crippen molar-refractivity contribution in [2.75, 3.05) is 0 Å². The van der Waals surface area contributed by atoms with Crippen LogP contribution in [0.2, 0.25) is 0 Å². The van der Waals surface area contributed by atoms with Crippen molar-refractivity contribution in [2.45, 2.75) is 18.7 Å². The maximum absolute atomic E-state index is 7.06. The minimum atomic E-state index is -0.606. The molecule has 0 saturated heterocycles. The van der Waals surface area contributed by atoms with E-state index >= 15 is 0 Å². The molecular weight excluding hydrogens is 278 g/mol. The first kappa shape index (κ1) is 14.1. The molecule has 2 aromatic carbocycles. The van der Waals surface area contributed by atoms with Gasteiger partial charge in [0.1, 0.15) is 4.87 Å². The van der Waals surface area contributed by atoms with E-state index in [1.807, 2.05) is 42.5 Å². The van der Waals surface area contributed by atoms with Crippen LogP contribution in [0.3, 0.4) is 0 Å². The fourth-order valence-electron chi connectivity index (χ4n) is 2.73. The van der Waals surface area contributed by atoms with Gasteiger partial charge < -0.3 is 0 Å². The SMILES string of the molecule is CC(C)C(Cl)(c1ccccc1)c1ccc2ccccc2n1. The lowest BCUT2D eigenvalue weighted by Gasteiger charge is -2.31. The number of fused-ring (bicyclic) bond motifs is 1. The van der Waals surface area contributed by atoms with Crippen molar-refractivity contribution in [2.24, 2.45) is 5.92 Å². The molecule has 0 aliphatic rings. The van der Waals surface area contributed by atoms with E-state index in [0.29, 0.717) is 0 Å². The lowest BCUT2D eigenvalue weighted by molar-refractivity contribution is 0.496. The van der Waals surface area contributed by atoms with Gasteiger partial charge >= 0.3 is 0 Å². The smallest absolute Gasteiger partial charge is 0.114 e. The second-order valence-corrected chi connectivity index (χ2v) is 6.22. The van der Waals surface area contributed by atoms with Gasteiger partial charge in [-0.2, -0.15) is 0 Å². The Kier molecular flexibility index (Phi) is 3.69. The molecule has 21 heavy (non-hydrogen) atoms. The van der Waals surface area contributed by atoms with E-state index in [2.05, 4.69) is 38.1 Å². The molecule has 0 aliphatic heterocycles. The number of aromatic nitrogens is 1. The zero-order valence-corrected chi connectivity index (χ0v) is 13.0. The summed E-state index contributed by atoms with van der Waals surface area (Å²) in [5.74, 6) is 0.232. The third-order valence-electron chi connectivity index (χ3n) is 3.96. The van der Waals surface area contributed by atoms with Crippen molar-refractivity contribution < 1.29 is 0 Å². The maximum atomic E-state index is 7.06. The molecule has 0 saturated carbocycles. The van der Waals surface area contributed by atoms with E-state index in [-0.39, 0.29) is 5.92 Å². The van der Waals surface area contributed by atoms with Gasteiger partial charge in [-0.25, -0.2) is 0 Å². The summed E-state index contributed by atoms with van der Waals surface area (Å²) < 4.78 is 0. The second kappa shape index (κ2) is 5.50. The zero-order chi connectivity index (χ0) is 14.9. The van der Waals surface area contributed by atoms with Gasteiger partial charge in [-0.3, -0.25) is 4.98 Å². The lowest BCUT2D eigenvalue weighted by Crippen LogP contribution is -2.28. The molecule has 0 aliphatic carbocycles. The molecule has 0 fully saturated rings. The summed E-state index contributed by atoms with van der Waals surface area (Å²) in [5, 5.41) is 1.14. The van der Waals surface area contributed by atoms with Gasteiger partial charge in [0, 0.05) is 5.39 Å². The molecule has 106 valence electrons. The van der Waals surface area contributed by atoms with Crippen LogP contribution in [-0.2, 0) is 4.87 Å². The number of para-hydroxylation sites is 1. The molecule has 3 aromatic rings. The normalized spacial score (nSPS) is 14.3. The molecule has 0 bridgehead atoms. The second-order valence-electron chi connectivity index (χ2n) is 5.62. The van der Waals surface area contributed by atoms with Gasteiger partial charge in [0.2, 0.25) is 0 Å². The van der Waals surface area contributed by atoms with Crippen LogP contribution in [0.4, 0.5) is 0 Å². The first-order valence-electron chi connectivity index (χ1n) is 7.23. The number of rotatable bonds is 3. The minimum Gasteiger partial charge on any atom is -0.251 e. The van der Waals surface area contributed by atoms with Crippen LogP contribution in [0, 0.1) is 5.92 Å². The minimum absolute atomic E-state index is 0.232. The van der Waals surface area contributed by atoms with Crippen molar-refractivity contribution >= 4 is 22.5 Å². The number of benzene rings is 2. The van der Waals surface area contributed by atoms with Gasteiger partial charge in [-0.05, 0) is 23.6 Å². The van der Waals surface area contributed by atoms with Gasteiger partial charge in [0.25, 0.3) is 0 Å². The number of nitrogens with zero attached hydrogens (tertiary/aromatic N) is 1. The molecular formula is C19H18ClN. The van der Waals surface area contributed by atoms with E-state index in [1.54, 1.807) is 0 Å². The van der Waals surface area contributed by atoms with Crippen molar-refractivity contribution in [3.05, 3.63) is 78.0 Å². The summed E-state index contributed by atoms with van der Waals surface area (Å²) in [4.78, 5) is 4.21. The van der Waals surface area contributed by atoms with Crippen molar-refractivity contribution in [1.82, 2.24) is 4.98 Å². The number of hydrogen-bond donors (Lipinski definition) is 0. The van der Waals surface area contributed by atoms with Crippen molar-refractivity contribution in [3.63, 3.8) is 0 Å². The van der Waals surface area contributed by atoms with E-state index in [0.717, 1.165) is 22.2 Å². The first-order chi connectivity index (χ1) is 10.1. The topological polar surface area (TPSA) is 12.9 Å². The van der Waals surface area contributed by atoms with Crippen molar-refractivity contribution in [3.8, 4) is 0 Å². The first-order valence-corrected chi connectivity index (χ1v) is 7.61. The predicted octanol–water partition coefficient (Wildman–Crippen LogP) is 5.37. The molecule has 0 amide bonds. The van der Waals surface area contributed by atoms with Gasteiger partial charge in [-0.1, -0.05) is 68.4 Å². The third-order valence-corrected chi connectivity index (χ3v) is 4.81. The fourth-order valence-corrected chi connectivity index (χ4v) is 2.96. The number of alkyl halides is 1. The maximum Gasteiger partial charge on any atom is 0.114 e. The average Bonchev–Trinajstić information content (AvgIpc) is 2.54. The van der Waals surface area contributed by atoms with Crippen LogP contribution in [0.1, 0.15) is 25.1 Å². The Hall–Kier alpha value is -1.86. The van der Waals surface area contributed by atoms with E-state index in [4.69, 9.17) is 16.6 Å². The molecule has 1 nitrogen and oxygen atoms in total. The summed E-state index contributed by atoms with van der Waals surface area (Å²) in [7, 11) is 0. The quantitative estimate of drug-likeness (QED) is 0.592. The highest BCUT2D eigenvalue weighted by Gasteiger charge is 2.36. The Balaban J connectivity index is 2.20. The lowest BCUT2D eigenvalue weighted by atomic mass is 9.84. The molecule has 1 aromatic heterocycles. The monoisotopic (exact) mass is 295 g/mol. The van der Waals surface area contributed by atoms with E-state index in [9.17, 15) is 0 Å². The largest absolute Gasteiger partial charge is 0.251 e. The molecule has 1 heterocycles. The summed E-state index contributed by atoms with van der Waals surface area (Å²) in [6.07, 6.45) is 0. The van der Waals surface area contributed by atoms with Crippen LogP contribution < -0.4 is 0 Å². The van der Waals surface area contributed by atoms with Crippen LogP contribution in [0.25, 0.3) is 10.9 Å². The Bertz CT molecular complexity index is 752. The Morgan fingerprint density at radius 3 is 2.24 bits per heavy atom. The van der Waals surface area contributed by atoms with E-state index < -0.39 is 4.87 Å². The fraction of sp³-hybridized carbons (Fsp3) is 0.211. The van der Waals surface area contributed by atoms with Gasteiger partial charge in [0.05, 0.1) is 11.2 Å². The van der Waals surface area contributed by atoms with Gasteiger partial charge in [0.15, 0.2) is 0 Å². The van der Waals surface area contributed by atoms with E-state index in [1.165, 1.54) is 0 Å². The molecule has 0 N–H and O–H groups in total. The Morgan fingerprint density at radius 2 is 1.52 bits per heavy atom. The number of pyridine rings is 1. The Morgan fingerprint density at radius 1 is 0.857 bits per heavy atom. The standard InChI is InChI=1S/C19H18ClN/c1-14(2)19(20,16-9-4-3-5-10-16)18-13-12-15-8-6-7-11-17(15)21-18/h3-14H,1-2H3. The van der Waals surface area contributed by atoms with Crippen LogP contribution in [0.5, 0.6) is 0 Å². The van der Waals surface area contributed by atoms with Gasteiger partial charge in [-0.15, -0.1) is 11.6 Å². The highest BCUT2D eigenvalue weighted by molar-refractivity contribution is 6.26. The highest BCUT2D eigenvalue weighted by Crippen LogP contribution is 2.42. The highest BCUT2D eigenvalue weighted by atomic mass is 35.5. The molecule has 0 spiro atoms. The molecule has 3 rings (SSSR count). The van der Waals surface area contributed by atoms with Crippen LogP contribution >= 0.6 is 11.6 Å². The summed E-state index contributed by atoms with van der Waals surface area (Å²) in [5.41, 5.74) is 2.98. The third kappa shape index (κ3) is 2.43. The molecule has 1 unspecified atom stereocenters. The summed E-state index contributed by atoms with van der Waals surface area (Å²) in [6, 6.07) is 22.5. The van der Waals surface area contributed by atoms with Crippen LogP contribution in [-0.4, -0.2) is 4.98 Å². The Labute approximate surface area is 130 Å². The number of halogens is 1.